The largest absolute Gasteiger partial charge is 0.374 e. The van der Waals surface area contributed by atoms with Gasteiger partial charge in [0.2, 0.25) is 0 Å². The van der Waals surface area contributed by atoms with Crippen LogP contribution >= 0.6 is 11.3 Å². The van der Waals surface area contributed by atoms with Crippen molar-refractivity contribution < 1.29 is 4.74 Å². The molecular weight excluding hydrogens is 282 g/mol. The van der Waals surface area contributed by atoms with Gasteiger partial charge in [-0.2, -0.15) is 0 Å². The topological polar surface area (TPSA) is 37.4 Å². The zero-order valence-electron chi connectivity index (χ0n) is 13.2. The maximum absolute atomic E-state index is 5.92. The van der Waals surface area contributed by atoms with Crippen LogP contribution in [0.15, 0.2) is 0 Å². The number of nitrogens with zero attached hydrogens (tertiary/aromatic N) is 2. The van der Waals surface area contributed by atoms with E-state index in [-0.39, 0.29) is 0 Å². The lowest BCUT2D eigenvalue weighted by Gasteiger charge is -2.37. The number of nitrogens with one attached hydrogen (secondary N) is 1. The van der Waals surface area contributed by atoms with Crippen LogP contribution in [0.3, 0.4) is 0 Å². The van der Waals surface area contributed by atoms with Crippen molar-refractivity contribution in [2.45, 2.75) is 64.6 Å². The number of ether oxygens (including phenoxy) is 1. The van der Waals surface area contributed by atoms with E-state index in [0.717, 1.165) is 32.7 Å². The molecule has 2 aliphatic rings. The third kappa shape index (κ3) is 3.25. The van der Waals surface area contributed by atoms with Crippen molar-refractivity contribution in [2.24, 2.45) is 0 Å². The molecule has 1 saturated heterocycles. The summed E-state index contributed by atoms with van der Waals surface area (Å²) in [5, 5.41) is 4.74. The standard InChI is InChI=1S/C16H27N3OS/c1-3-8-17-11-15-12(4-2)18-16(21-15)19-9-10-20-14-7-5-6-13(14)19/h13-14,17H,3-11H2,1-2H3. The fourth-order valence-electron chi connectivity index (χ4n) is 3.45. The van der Waals surface area contributed by atoms with Gasteiger partial charge in [-0.15, -0.1) is 11.3 Å². The van der Waals surface area contributed by atoms with E-state index < -0.39 is 0 Å². The molecule has 2 fully saturated rings. The molecule has 2 heterocycles. The second-order valence-corrected chi connectivity index (χ2v) is 7.06. The number of aryl methyl sites for hydroxylation is 1. The summed E-state index contributed by atoms with van der Waals surface area (Å²) in [6.45, 7) is 8.32. The second kappa shape index (κ2) is 7.07. The van der Waals surface area contributed by atoms with Crippen molar-refractivity contribution in [1.82, 2.24) is 10.3 Å². The van der Waals surface area contributed by atoms with Gasteiger partial charge in [-0.25, -0.2) is 4.98 Å². The number of hydrogen-bond donors (Lipinski definition) is 1. The van der Waals surface area contributed by atoms with E-state index in [9.17, 15) is 0 Å². The van der Waals surface area contributed by atoms with Crippen molar-refractivity contribution in [3.63, 3.8) is 0 Å². The first-order chi connectivity index (χ1) is 10.3. The zero-order valence-corrected chi connectivity index (χ0v) is 14.0. The normalized spacial score (nSPS) is 25.3. The number of aromatic nitrogens is 1. The number of hydrogen-bond acceptors (Lipinski definition) is 5. The summed E-state index contributed by atoms with van der Waals surface area (Å²) in [4.78, 5) is 8.88. The Morgan fingerprint density at radius 3 is 3.10 bits per heavy atom. The van der Waals surface area contributed by atoms with Gasteiger partial charge in [0.05, 0.1) is 24.4 Å². The molecule has 1 N–H and O–H groups in total. The molecule has 3 rings (SSSR count). The highest BCUT2D eigenvalue weighted by molar-refractivity contribution is 7.15. The molecule has 118 valence electrons. The predicted molar refractivity (Wildman–Crippen MR) is 88.2 cm³/mol. The third-order valence-corrected chi connectivity index (χ3v) is 5.68. The van der Waals surface area contributed by atoms with E-state index in [2.05, 4.69) is 24.1 Å². The van der Waals surface area contributed by atoms with Crippen LogP contribution in [0, 0.1) is 0 Å². The molecule has 1 aromatic rings. The van der Waals surface area contributed by atoms with Gasteiger partial charge in [-0.1, -0.05) is 13.8 Å². The molecule has 0 spiro atoms. The lowest BCUT2D eigenvalue weighted by atomic mass is 10.1. The molecule has 1 aliphatic carbocycles. The quantitative estimate of drug-likeness (QED) is 0.820. The average molecular weight is 309 g/mol. The molecule has 1 saturated carbocycles. The highest BCUT2D eigenvalue weighted by Gasteiger charge is 2.37. The van der Waals surface area contributed by atoms with Gasteiger partial charge >= 0.3 is 0 Å². The minimum Gasteiger partial charge on any atom is -0.374 e. The van der Waals surface area contributed by atoms with E-state index in [0.29, 0.717) is 12.1 Å². The number of anilines is 1. The van der Waals surface area contributed by atoms with Crippen LogP contribution in [0.5, 0.6) is 0 Å². The Hall–Kier alpha value is -0.650. The van der Waals surface area contributed by atoms with Crippen LogP contribution in [0.1, 0.15) is 50.1 Å². The molecule has 1 aromatic heterocycles. The van der Waals surface area contributed by atoms with Crippen LogP contribution < -0.4 is 10.2 Å². The third-order valence-electron chi connectivity index (χ3n) is 4.54. The van der Waals surface area contributed by atoms with E-state index in [4.69, 9.17) is 9.72 Å². The van der Waals surface area contributed by atoms with E-state index in [1.54, 1.807) is 0 Å². The van der Waals surface area contributed by atoms with Gasteiger partial charge in [-0.3, -0.25) is 0 Å². The molecule has 2 atom stereocenters. The summed E-state index contributed by atoms with van der Waals surface area (Å²) < 4.78 is 5.92. The Labute approximate surface area is 131 Å². The van der Waals surface area contributed by atoms with Gasteiger partial charge < -0.3 is 15.0 Å². The summed E-state index contributed by atoms with van der Waals surface area (Å²) in [5.41, 5.74) is 1.28. The first kappa shape index (κ1) is 15.3. The summed E-state index contributed by atoms with van der Waals surface area (Å²) >= 11 is 1.89. The second-order valence-electron chi connectivity index (χ2n) is 6.00. The smallest absolute Gasteiger partial charge is 0.186 e. The molecule has 0 radical (unpaired) electrons. The van der Waals surface area contributed by atoms with Gasteiger partial charge in [-0.05, 0) is 38.6 Å². The Kier molecular flexibility index (Phi) is 5.14. The van der Waals surface area contributed by atoms with Gasteiger partial charge in [0.25, 0.3) is 0 Å². The summed E-state index contributed by atoms with van der Waals surface area (Å²) in [6.07, 6.45) is 6.42. The first-order valence-electron chi connectivity index (χ1n) is 8.41. The molecule has 5 heteroatoms. The lowest BCUT2D eigenvalue weighted by molar-refractivity contribution is 0.0256. The summed E-state index contributed by atoms with van der Waals surface area (Å²) in [7, 11) is 0. The molecule has 21 heavy (non-hydrogen) atoms. The lowest BCUT2D eigenvalue weighted by Crippen LogP contribution is -2.48. The Morgan fingerprint density at radius 2 is 2.29 bits per heavy atom. The minimum absolute atomic E-state index is 0.439. The van der Waals surface area contributed by atoms with Crippen molar-refractivity contribution in [3.05, 3.63) is 10.6 Å². The maximum Gasteiger partial charge on any atom is 0.186 e. The molecule has 2 unspecified atom stereocenters. The molecule has 1 aliphatic heterocycles. The number of rotatable bonds is 6. The first-order valence-corrected chi connectivity index (χ1v) is 9.22. The summed E-state index contributed by atoms with van der Waals surface area (Å²) in [6, 6.07) is 0.561. The number of morpholine rings is 1. The Morgan fingerprint density at radius 1 is 1.38 bits per heavy atom. The van der Waals surface area contributed by atoms with Crippen LogP contribution in [-0.2, 0) is 17.7 Å². The maximum atomic E-state index is 5.92. The fourth-order valence-corrected chi connectivity index (χ4v) is 4.65. The van der Waals surface area contributed by atoms with Crippen molar-refractivity contribution in [1.29, 1.82) is 0 Å². The molecular formula is C16H27N3OS. The average Bonchev–Trinajstić information content (AvgIpc) is 3.13. The van der Waals surface area contributed by atoms with Crippen molar-refractivity contribution in [3.8, 4) is 0 Å². The zero-order chi connectivity index (χ0) is 14.7. The summed E-state index contributed by atoms with van der Waals surface area (Å²) in [5.74, 6) is 0. The molecule has 4 nitrogen and oxygen atoms in total. The van der Waals surface area contributed by atoms with E-state index >= 15 is 0 Å². The van der Waals surface area contributed by atoms with Crippen LogP contribution in [0.2, 0.25) is 0 Å². The predicted octanol–water partition coefficient (Wildman–Crippen LogP) is 2.96. The number of thiazole rings is 1. The molecule has 0 bridgehead atoms. The number of fused-ring (bicyclic) bond motifs is 1. The van der Waals surface area contributed by atoms with Crippen molar-refractivity contribution >= 4 is 16.5 Å². The highest BCUT2D eigenvalue weighted by Crippen LogP contribution is 2.36. The van der Waals surface area contributed by atoms with Crippen molar-refractivity contribution in [2.75, 3.05) is 24.6 Å². The van der Waals surface area contributed by atoms with E-state index in [1.165, 1.54) is 41.4 Å². The highest BCUT2D eigenvalue weighted by atomic mass is 32.1. The fraction of sp³-hybridized carbons (Fsp3) is 0.812. The molecule has 0 amide bonds. The Balaban J connectivity index is 1.75. The van der Waals surface area contributed by atoms with Crippen LogP contribution in [0.25, 0.3) is 0 Å². The minimum atomic E-state index is 0.439. The molecule has 0 aromatic carbocycles. The van der Waals surface area contributed by atoms with Crippen LogP contribution in [-0.4, -0.2) is 36.8 Å². The van der Waals surface area contributed by atoms with Gasteiger partial charge in [0.15, 0.2) is 5.13 Å². The Bertz CT molecular complexity index is 462. The van der Waals surface area contributed by atoms with E-state index in [1.807, 2.05) is 11.3 Å². The monoisotopic (exact) mass is 309 g/mol. The SMILES string of the molecule is CCCNCc1sc(N2CCOC3CCCC32)nc1CC. The van der Waals surface area contributed by atoms with Gasteiger partial charge in [0.1, 0.15) is 0 Å². The van der Waals surface area contributed by atoms with Crippen LogP contribution in [0.4, 0.5) is 5.13 Å². The van der Waals surface area contributed by atoms with Gasteiger partial charge in [0, 0.05) is 18.0 Å².